The molecule has 1 aliphatic heterocycles. The molecule has 246 valence electrons. The van der Waals surface area contributed by atoms with Gasteiger partial charge in [0.15, 0.2) is 4.80 Å². The standard InChI is InChI=1S/C38H38N4O5S/c1-6-46-37(44)33-25(4)39-38-42(35(33)27-14-16-30(45-5)17-15-27)36(43)32(48-38)22-28-23-41(29-10-8-7-9-11-29)40-34(28)26-12-18-31(19-13-26)47-21-20-24(2)3/h7-19,22-24,35H,6,20-21H2,1-5H3/b32-22-/t35-/m1/s1. The molecular formula is C38H38N4O5S. The highest BCUT2D eigenvalue weighted by Gasteiger charge is 2.33. The second kappa shape index (κ2) is 14.3. The first-order valence-electron chi connectivity index (χ1n) is 16.0. The average Bonchev–Trinajstić information content (AvgIpc) is 3.65. The maximum absolute atomic E-state index is 14.3. The fourth-order valence-electron chi connectivity index (χ4n) is 5.59. The molecule has 0 N–H and O–H groups in total. The van der Waals surface area contributed by atoms with Crippen LogP contribution in [0.3, 0.4) is 0 Å². The van der Waals surface area contributed by atoms with Crippen molar-refractivity contribution in [3.63, 3.8) is 0 Å². The van der Waals surface area contributed by atoms with Crippen molar-refractivity contribution in [3.8, 4) is 28.4 Å². The molecular weight excluding hydrogens is 625 g/mol. The molecule has 0 amide bonds. The predicted octanol–water partition coefficient (Wildman–Crippen LogP) is 6.08. The number of ether oxygens (including phenoxy) is 3. The van der Waals surface area contributed by atoms with E-state index in [4.69, 9.17) is 24.3 Å². The number of thiazole rings is 1. The van der Waals surface area contributed by atoms with Gasteiger partial charge in [-0.15, -0.1) is 0 Å². The zero-order chi connectivity index (χ0) is 33.8. The number of rotatable bonds is 11. The average molecular weight is 663 g/mol. The van der Waals surface area contributed by atoms with Crippen LogP contribution in [0.15, 0.2) is 106 Å². The smallest absolute Gasteiger partial charge is 0.338 e. The molecule has 0 bridgehead atoms. The van der Waals surface area contributed by atoms with Crippen molar-refractivity contribution in [2.45, 2.75) is 40.2 Å². The molecule has 3 aromatic carbocycles. The Morgan fingerprint density at radius 2 is 1.71 bits per heavy atom. The lowest BCUT2D eigenvalue weighted by Gasteiger charge is -2.24. The van der Waals surface area contributed by atoms with E-state index in [0.29, 0.717) is 44.6 Å². The van der Waals surface area contributed by atoms with E-state index in [1.807, 2.05) is 95.8 Å². The van der Waals surface area contributed by atoms with Gasteiger partial charge in [-0.25, -0.2) is 14.5 Å². The zero-order valence-corrected chi connectivity index (χ0v) is 28.5. The summed E-state index contributed by atoms with van der Waals surface area (Å²) < 4.78 is 20.6. The van der Waals surface area contributed by atoms with Crippen LogP contribution in [0.25, 0.3) is 23.0 Å². The molecule has 3 heterocycles. The number of allylic oxidation sites excluding steroid dienone is 1. The number of fused-ring (bicyclic) bond motifs is 1. The Morgan fingerprint density at radius 3 is 2.38 bits per heavy atom. The number of para-hydroxylation sites is 1. The molecule has 1 aliphatic rings. The molecule has 10 heteroatoms. The number of hydrogen-bond acceptors (Lipinski definition) is 8. The number of benzene rings is 3. The summed E-state index contributed by atoms with van der Waals surface area (Å²) in [6.07, 6.45) is 4.75. The maximum Gasteiger partial charge on any atom is 0.338 e. The minimum atomic E-state index is -0.719. The first kappa shape index (κ1) is 32.7. The van der Waals surface area contributed by atoms with E-state index in [2.05, 4.69) is 13.8 Å². The number of carbonyl (C=O) groups excluding carboxylic acids is 1. The number of aromatic nitrogens is 3. The summed E-state index contributed by atoms with van der Waals surface area (Å²) in [5.41, 5.74) is 4.58. The van der Waals surface area contributed by atoms with Crippen LogP contribution in [-0.4, -0.2) is 40.6 Å². The van der Waals surface area contributed by atoms with Gasteiger partial charge in [0, 0.05) is 17.3 Å². The molecule has 0 saturated heterocycles. The molecule has 2 aromatic heterocycles. The molecule has 0 saturated carbocycles. The van der Waals surface area contributed by atoms with Crippen LogP contribution in [0, 0.1) is 5.92 Å². The van der Waals surface area contributed by atoms with E-state index >= 15 is 0 Å². The van der Waals surface area contributed by atoms with Crippen molar-refractivity contribution in [2.24, 2.45) is 10.9 Å². The predicted molar refractivity (Wildman–Crippen MR) is 187 cm³/mol. The Labute approximate surface area is 283 Å². The second-order valence-electron chi connectivity index (χ2n) is 11.8. The highest BCUT2D eigenvalue weighted by Crippen LogP contribution is 2.32. The van der Waals surface area contributed by atoms with Crippen LogP contribution in [0.2, 0.25) is 0 Å². The minimum absolute atomic E-state index is 0.203. The van der Waals surface area contributed by atoms with Crippen LogP contribution in [-0.2, 0) is 9.53 Å². The molecule has 0 radical (unpaired) electrons. The molecule has 0 unspecified atom stereocenters. The van der Waals surface area contributed by atoms with Crippen LogP contribution >= 0.6 is 11.3 Å². The third-order valence-electron chi connectivity index (χ3n) is 8.09. The minimum Gasteiger partial charge on any atom is -0.497 e. The topological polar surface area (TPSA) is 96.9 Å². The summed E-state index contributed by atoms with van der Waals surface area (Å²) in [6.45, 7) is 8.74. The summed E-state index contributed by atoms with van der Waals surface area (Å²) in [7, 11) is 1.59. The molecule has 6 rings (SSSR count). The Kier molecular flexibility index (Phi) is 9.72. The van der Waals surface area contributed by atoms with E-state index in [-0.39, 0.29) is 12.2 Å². The van der Waals surface area contributed by atoms with E-state index in [0.717, 1.165) is 34.5 Å². The van der Waals surface area contributed by atoms with Gasteiger partial charge in [0.05, 0.1) is 47.9 Å². The van der Waals surface area contributed by atoms with Crippen LogP contribution in [0.1, 0.15) is 51.3 Å². The first-order valence-corrected chi connectivity index (χ1v) is 16.8. The van der Waals surface area contributed by atoms with Crippen LogP contribution in [0.5, 0.6) is 11.5 Å². The monoisotopic (exact) mass is 662 g/mol. The van der Waals surface area contributed by atoms with E-state index in [1.165, 1.54) is 11.3 Å². The van der Waals surface area contributed by atoms with Gasteiger partial charge in [-0.1, -0.05) is 55.5 Å². The maximum atomic E-state index is 14.3. The summed E-state index contributed by atoms with van der Waals surface area (Å²) in [6, 6.07) is 24.3. The second-order valence-corrected chi connectivity index (χ2v) is 12.9. The highest BCUT2D eigenvalue weighted by molar-refractivity contribution is 7.07. The van der Waals surface area contributed by atoms with Crippen molar-refractivity contribution in [2.75, 3.05) is 20.3 Å². The van der Waals surface area contributed by atoms with Crippen LogP contribution < -0.4 is 24.4 Å². The van der Waals surface area contributed by atoms with E-state index in [1.54, 1.807) is 25.5 Å². The van der Waals surface area contributed by atoms with Crippen molar-refractivity contribution >= 4 is 23.4 Å². The third kappa shape index (κ3) is 6.75. The fraction of sp³-hybridized carbons (Fsp3) is 0.263. The van der Waals surface area contributed by atoms with Gasteiger partial charge < -0.3 is 14.2 Å². The highest BCUT2D eigenvalue weighted by atomic mass is 32.1. The normalized spacial score (nSPS) is 14.5. The number of hydrogen-bond donors (Lipinski definition) is 0. The molecule has 0 aliphatic carbocycles. The Morgan fingerprint density at radius 1 is 1.00 bits per heavy atom. The molecule has 5 aromatic rings. The SMILES string of the molecule is CCOC(=O)C1=C(C)N=c2s/c(=C\c3cn(-c4ccccc4)nc3-c3ccc(OCCC(C)C)cc3)c(=O)n2[C@@H]1c1ccc(OC)cc1. The van der Waals surface area contributed by atoms with Gasteiger partial charge >= 0.3 is 5.97 Å². The van der Waals surface area contributed by atoms with E-state index < -0.39 is 12.0 Å². The fourth-order valence-corrected chi connectivity index (χ4v) is 6.62. The van der Waals surface area contributed by atoms with Crippen molar-refractivity contribution < 1.29 is 19.0 Å². The summed E-state index contributed by atoms with van der Waals surface area (Å²) >= 11 is 1.28. The summed E-state index contributed by atoms with van der Waals surface area (Å²) in [5.74, 6) is 1.52. The molecule has 48 heavy (non-hydrogen) atoms. The van der Waals surface area contributed by atoms with Crippen molar-refractivity contribution in [1.29, 1.82) is 0 Å². The lowest BCUT2D eigenvalue weighted by atomic mass is 9.96. The Balaban J connectivity index is 1.47. The first-order chi connectivity index (χ1) is 23.3. The Bertz CT molecular complexity index is 2130. The van der Waals surface area contributed by atoms with Gasteiger partial charge in [0.1, 0.15) is 17.2 Å². The Hall–Kier alpha value is -5.22. The van der Waals surface area contributed by atoms with Crippen molar-refractivity contribution in [3.05, 3.63) is 127 Å². The van der Waals surface area contributed by atoms with Gasteiger partial charge in [0.2, 0.25) is 0 Å². The summed E-state index contributed by atoms with van der Waals surface area (Å²) in [5, 5.41) is 4.96. The molecule has 0 spiro atoms. The lowest BCUT2D eigenvalue weighted by Crippen LogP contribution is -2.39. The lowest BCUT2D eigenvalue weighted by molar-refractivity contribution is -0.139. The number of esters is 1. The molecule has 1 atom stereocenters. The van der Waals surface area contributed by atoms with E-state index in [9.17, 15) is 9.59 Å². The number of carbonyl (C=O) groups is 1. The number of nitrogens with zero attached hydrogens (tertiary/aromatic N) is 4. The zero-order valence-electron chi connectivity index (χ0n) is 27.7. The number of methoxy groups -OCH3 is 1. The van der Waals surface area contributed by atoms with Gasteiger partial charge in [-0.05, 0) is 86.4 Å². The largest absolute Gasteiger partial charge is 0.497 e. The van der Waals surface area contributed by atoms with Gasteiger partial charge in [0.25, 0.3) is 5.56 Å². The third-order valence-corrected chi connectivity index (χ3v) is 9.07. The molecule has 0 fully saturated rings. The van der Waals surface area contributed by atoms with Crippen molar-refractivity contribution in [1.82, 2.24) is 14.3 Å². The molecule has 9 nitrogen and oxygen atoms in total. The van der Waals surface area contributed by atoms with Gasteiger partial charge in [-0.2, -0.15) is 5.10 Å². The quantitative estimate of drug-likeness (QED) is 0.159. The van der Waals surface area contributed by atoms with Gasteiger partial charge in [-0.3, -0.25) is 9.36 Å². The van der Waals surface area contributed by atoms with Crippen LogP contribution in [0.4, 0.5) is 0 Å². The summed E-state index contributed by atoms with van der Waals surface area (Å²) in [4.78, 5) is 32.8.